The van der Waals surface area contributed by atoms with E-state index in [0.29, 0.717) is 12.2 Å². The molecule has 0 aliphatic rings. The predicted octanol–water partition coefficient (Wildman–Crippen LogP) is 2.09. The number of ether oxygens (including phenoxy) is 1. The first-order chi connectivity index (χ1) is 7.74. The van der Waals surface area contributed by atoms with Crippen LogP contribution in [0, 0.1) is 0 Å². The van der Waals surface area contributed by atoms with Gasteiger partial charge in [0.1, 0.15) is 0 Å². The molecule has 0 spiro atoms. The fourth-order valence-corrected chi connectivity index (χ4v) is 1.88. The first kappa shape index (κ1) is 10.6. The maximum atomic E-state index is 11.5. The number of nitrogens with two attached hydrogens (primary N) is 1. The number of carbonyl (C=O) groups is 1. The van der Waals surface area contributed by atoms with Gasteiger partial charge in [-0.2, -0.15) is 0 Å². The number of hydrogen-bond acceptors (Lipinski definition) is 2. The monoisotopic (exact) mass is 215 g/mol. The Labute approximate surface area is 93.8 Å². The topological polar surface area (TPSA) is 52.3 Å². The summed E-state index contributed by atoms with van der Waals surface area (Å²) in [6.07, 6.45) is 0. The zero-order chi connectivity index (χ0) is 11.5. The van der Waals surface area contributed by atoms with Gasteiger partial charge in [-0.25, -0.2) is 0 Å². The van der Waals surface area contributed by atoms with Gasteiger partial charge in [0.25, 0.3) is 0 Å². The van der Waals surface area contributed by atoms with Crippen molar-refractivity contribution in [1.29, 1.82) is 0 Å². The van der Waals surface area contributed by atoms with E-state index >= 15 is 0 Å². The molecule has 0 radical (unpaired) electrons. The molecule has 3 heteroatoms. The Morgan fingerprint density at radius 3 is 2.69 bits per heavy atom. The molecular formula is C13H13NO2. The van der Waals surface area contributed by atoms with Crippen molar-refractivity contribution in [3.63, 3.8) is 0 Å². The molecule has 2 aromatic rings. The number of fused-ring (bicyclic) bond motifs is 1. The summed E-state index contributed by atoms with van der Waals surface area (Å²) < 4.78 is 5.06. The van der Waals surface area contributed by atoms with Gasteiger partial charge in [0.2, 0.25) is 5.91 Å². The number of hydrogen-bond donors (Lipinski definition) is 1. The lowest BCUT2D eigenvalue weighted by atomic mass is 9.99. The quantitative estimate of drug-likeness (QED) is 0.852. The van der Waals surface area contributed by atoms with Crippen molar-refractivity contribution in [2.24, 2.45) is 5.73 Å². The van der Waals surface area contributed by atoms with E-state index < -0.39 is 5.91 Å². The van der Waals surface area contributed by atoms with Gasteiger partial charge in [-0.3, -0.25) is 4.79 Å². The molecule has 2 N–H and O–H groups in total. The average molecular weight is 215 g/mol. The highest BCUT2D eigenvalue weighted by molar-refractivity contribution is 6.07. The van der Waals surface area contributed by atoms with Gasteiger partial charge in [0.05, 0.1) is 12.2 Å². The van der Waals surface area contributed by atoms with Crippen LogP contribution in [0.3, 0.4) is 0 Å². The molecule has 0 aliphatic heterocycles. The van der Waals surface area contributed by atoms with Gasteiger partial charge >= 0.3 is 0 Å². The van der Waals surface area contributed by atoms with E-state index in [4.69, 9.17) is 10.5 Å². The molecule has 0 unspecified atom stereocenters. The molecule has 0 bridgehead atoms. The fraction of sp³-hybridized carbons (Fsp3) is 0.154. The summed E-state index contributed by atoms with van der Waals surface area (Å²) in [5.74, 6) is -0.413. The first-order valence-electron chi connectivity index (χ1n) is 5.03. The van der Waals surface area contributed by atoms with Crippen molar-refractivity contribution in [2.45, 2.75) is 6.61 Å². The summed E-state index contributed by atoms with van der Waals surface area (Å²) >= 11 is 0. The summed E-state index contributed by atoms with van der Waals surface area (Å²) in [4.78, 5) is 11.5. The lowest BCUT2D eigenvalue weighted by molar-refractivity contribution is 0.0997. The highest BCUT2D eigenvalue weighted by Crippen LogP contribution is 2.22. The van der Waals surface area contributed by atoms with Gasteiger partial charge in [0, 0.05) is 7.11 Å². The lowest BCUT2D eigenvalue weighted by Crippen LogP contribution is -2.14. The molecule has 3 nitrogen and oxygen atoms in total. The van der Waals surface area contributed by atoms with Gasteiger partial charge in [-0.1, -0.05) is 36.4 Å². The van der Waals surface area contributed by atoms with Crippen molar-refractivity contribution >= 4 is 16.7 Å². The van der Waals surface area contributed by atoms with Crippen LogP contribution in [0.5, 0.6) is 0 Å². The first-order valence-corrected chi connectivity index (χ1v) is 5.03. The highest BCUT2D eigenvalue weighted by Gasteiger charge is 2.11. The fourth-order valence-electron chi connectivity index (χ4n) is 1.88. The van der Waals surface area contributed by atoms with E-state index in [1.807, 2.05) is 36.4 Å². The number of carbonyl (C=O) groups excluding carboxylic acids is 1. The van der Waals surface area contributed by atoms with E-state index in [-0.39, 0.29) is 0 Å². The minimum absolute atomic E-state index is 0.392. The average Bonchev–Trinajstić information content (AvgIpc) is 2.28. The molecule has 0 saturated heterocycles. The van der Waals surface area contributed by atoms with E-state index in [2.05, 4.69) is 0 Å². The molecule has 16 heavy (non-hydrogen) atoms. The van der Waals surface area contributed by atoms with Crippen LogP contribution < -0.4 is 5.73 Å². The Bertz CT molecular complexity index is 534. The Morgan fingerprint density at radius 1 is 1.25 bits per heavy atom. The smallest absolute Gasteiger partial charge is 0.249 e. The van der Waals surface area contributed by atoms with Crippen molar-refractivity contribution in [3.8, 4) is 0 Å². The highest BCUT2D eigenvalue weighted by atomic mass is 16.5. The summed E-state index contributed by atoms with van der Waals surface area (Å²) in [5.41, 5.74) is 6.80. The number of rotatable bonds is 3. The molecule has 82 valence electrons. The molecular weight excluding hydrogens is 202 g/mol. The molecule has 0 heterocycles. The van der Waals surface area contributed by atoms with Crippen LogP contribution in [-0.2, 0) is 11.3 Å². The Kier molecular flexibility index (Phi) is 2.88. The van der Waals surface area contributed by atoms with Crippen molar-refractivity contribution < 1.29 is 9.53 Å². The zero-order valence-electron chi connectivity index (χ0n) is 9.07. The van der Waals surface area contributed by atoms with Crippen LogP contribution in [-0.4, -0.2) is 13.0 Å². The van der Waals surface area contributed by atoms with Gasteiger partial charge < -0.3 is 10.5 Å². The largest absolute Gasteiger partial charge is 0.380 e. The van der Waals surface area contributed by atoms with E-state index in [9.17, 15) is 4.79 Å². The zero-order valence-corrected chi connectivity index (χ0v) is 9.07. The second kappa shape index (κ2) is 4.33. The molecule has 1 amide bonds. The molecule has 2 aromatic carbocycles. The minimum Gasteiger partial charge on any atom is -0.380 e. The van der Waals surface area contributed by atoms with Gasteiger partial charge in [-0.05, 0) is 16.3 Å². The van der Waals surface area contributed by atoms with Crippen LogP contribution in [0.1, 0.15) is 15.9 Å². The van der Waals surface area contributed by atoms with Crippen LogP contribution in [0.2, 0.25) is 0 Å². The van der Waals surface area contributed by atoms with E-state index in [1.54, 1.807) is 7.11 Å². The predicted molar refractivity (Wildman–Crippen MR) is 63.2 cm³/mol. The Balaban J connectivity index is 2.73. The summed E-state index contributed by atoms with van der Waals surface area (Å²) in [5, 5.41) is 1.89. The maximum Gasteiger partial charge on any atom is 0.249 e. The van der Waals surface area contributed by atoms with Gasteiger partial charge in [0.15, 0.2) is 0 Å². The summed E-state index contributed by atoms with van der Waals surface area (Å²) in [7, 11) is 1.60. The van der Waals surface area contributed by atoms with Crippen molar-refractivity contribution in [1.82, 2.24) is 0 Å². The molecule has 0 aliphatic carbocycles. The number of methoxy groups -OCH3 is 1. The van der Waals surface area contributed by atoms with E-state index in [0.717, 1.165) is 16.3 Å². The molecule has 0 aromatic heterocycles. The third kappa shape index (κ3) is 1.77. The third-order valence-corrected chi connectivity index (χ3v) is 2.56. The van der Waals surface area contributed by atoms with Crippen LogP contribution in [0.25, 0.3) is 10.8 Å². The number of benzene rings is 2. The normalized spacial score (nSPS) is 10.6. The number of primary amides is 1. The second-order valence-electron chi connectivity index (χ2n) is 3.62. The van der Waals surface area contributed by atoms with Gasteiger partial charge in [-0.15, -0.1) is 0 Å². The summed E-state index contributed by atoms with van der Waals surface area (Å²) in [6.45, 7) is 0.392. The van der Waals surface area contributed by atoms with Crippen LogP contribution >= 0.6 is 0 Å². The maximum absolute atomic E-state index is 11.5. The minimum atomic E-state index is -0.413. The lowest BCUT2D eigenvalue weighted by Gasteiger charge is -2.09. The van der Waals surface area contributed by atoms with Crippen LogP contribution in [0.15, 0.2) is 36.4 Å². The molecule has 0 saturated carbocycles. The Hall–Kier alpha value is -1.87. The number of amides is 1. The van der Waals surface area contributed by atoms with Crippen LogP contribution in [0.4, 0.5) is 0 Å². The van der Waals surface area contributed by atoms with E-state index in [1.165, 1.54) is 0 Å². The molecule has 2 rings (SSSR count). The second-order valence-corrected chi connectivity index (χ2v) is 3.62. The molecule has 0 fully saturated rings. The van der Waals surface area contributed by atoms with Crippen molar-refractivity contribution in [2.75, 3.05) is 7.11 Å². The summed E-state index contributed by atoms with van der Waals surface area (Å²) in [6, 6.07) is 11.5. The standard InChI is InChI=1S/C13H13NO2/c1-16-8-10-7-6-9-4-2-3-5-11(9)12(10)13(14)15/h2-7H,8H2,1H3,(H2,14,15). The van der Waals surface area contributed by atoms with Crippen molar-refractivity contribution in [3.05, 3.63) is 47.5 Å². The Morgan fingerprint density at radius 2 is 2.00 bits per heavy atom. The molecule has 0 atom stereocenters. The SMILES string of the molecule is COCc1ccc2ccccc2c1C(N)=O. The third-order valence-electron chi connectivity index (χ3n) is 2.56.